The van der Waals surface area contributed by atoms with E-state index in [-0.39, 0.29) is 11.0 Å². The van der Waals surface area contributed by atoms with Crippen LogP contribution in [0.4, 0.5) is 0 Å². The molecule has 1 aliphatic carbocycles. The Morgan fingerprint density at radius 1 is 1.23 bits per heavy atom. The highest BCUT2D eigenvalue weighted by molar-refractivity contribution is 8.01. The van der Waals surface area contributed by atoms with Crippen molar-refractivity contribution in [2.24, 2.45) is 10.6 Å². The molecule has 0 spiro atoms. The number of ether oxygens (including phenoxy) is 3. The lowest BCUT2D eigenvalue weighted by atomic mass is 9.88. The van der Waals surface area contributed by atoms with Gasteiger partial charge in [0.05, 0.1) is 9.81 Å². The fourth-order valence-electron chi connectivity index (χ4n) is 3.92. The molecule has 0 bridgehead atoms. The van der Waals surface area contributed by atoms with Crippen LogP contribution >= 0.6 is 23.1 Å². The molecule has 0 radical (unpaired) electrons. The maximum absolute atomic E-state index is 9.33. The van der Waals surface area contributed by atoms with Crippen molar-refractivity contribution in [1.82, 2.24) is 0 Å². The normalized spacial score (nSPS) is 18.6. The zero-order chi connectivity index (χ0) is 22.1. The molecule has 1 saturated heterocycles. The summed E-state index contributed by atoms with van der Waals surface area (Å²) in [6, 6.07) is 8.70. The van der Waals surface area contributed by atoms with Crippen LogP contribution in [0, 0.1) is 5.41 Å². The van der Waals surface area contributed by atoms with Crippen LogP contribution in [-0.4, -0.2) is 31.4 Å². The first-order valence-corrected chi connectivity index (χ1v) is 12.2. The third-order valence-electron chi connectivity index (χ3n) is 5.80. The van der Waals surface area contributed by atoms with Crippen LogP contribution in [0.1, 0.15) is 50.3 Å². The Labute approximate surface area is 192 Å². The van der Waals surface area contributed by atoms with Gasteiger partial charge in [-0.05, 0) is 53.3 Å². The number of thiophene rings is 1. The summed E-state index contributed by atoms with van der Waals surface area (Å²) < 4.78 is 18.7. The summed E-state index contributed by atoms with van der Waals surface area (Å²) in [6.45, 7) is 7.36. The van der Waals surface area contributed by atoms with Crippen molar-refractivity contribution in [1.29, 1.82) is 0 Å². The summed E-state index contributed by atoms with van der Waals surface area (Å²) in [4.78, 5) is 1.20. The van der Waals surface area contributed by atoms with Gasteiger partial charge in [-0.1, -0.05) is 37.7 Å². The molecule has 0 amide bonds. The van der Waals surface area contributed by atoms with E-state index >= 15 is 0 Å². The molecule has 1 fully saturated rings. The molecule has 1 N–H and O–H groups in total. The van der Waals surface area contributed by atoms with Crippen LogP contribution in [0.25, 0.3) is 5.76 Å². The van der Waals surface area contributed by atoms with Crippen molar-refractivity contribution in [2.45, 2.75) is 54.7 Å². The minimum Gasteiger partial charge on any atom is -0.439 e. The number of hydrogen-bond acceptors (Lipinski definition) is 7. The molecule has 5 nitrogen and oxygen atoms in total. The lowest BCUT2D eigenvalue weighted by Crippen LogP contribution is -2.35. The Hall–Kier alpha value is -1.80. The Balaban J connectivity index is 1.47. The van der Waals surface area contributed by atoms with Crippen molar-refractivity contribution in [3.05, 3.63) is 52.4 Å². The SMILES string of the molecule is COC1(c2csc(Sc3ccc4c(c3)CC=C4O/C(=N/O)C(C)(C)C)c2)CCOCC1. The highest BCUT2D eigenvalue weighted by Gasteiger charge is 2.35. The van der Waals surface area contributed by atoms with Gasteiger partial charge in [0.1, 0.15) is 5.76 Å². The molecular formula is C24H29NO4S2. The average molecular weight is 460 g/mol. The Bertz CT molecular complexity index is 997. The molecule has 2 heterocycles. The highest BCUT2D eigenvalue weighted by Crippen LogP contribution is 2.42. The predicted molar refractivity (Wildman–Crippen MR) is 125 cm³/mol. The zero-order valence-corrected chi connectivity index (χ0v) is 20.1. The molecule has 166 valence electrons. The standard InChI is InChI=1S/C24H29NO4S2/c1-23(2,3)22(25-26)29-20-8-5-16-13-18(6-7-19(16)20)31-21-14-17(15-30-21)24(27-4)9-11-28-12-10-24/h6-8,13-15,26H,5,9-12H2,1-4H3/b25-22+. The van der Waals surface area contributed by atoms with Gasteiger partial charge in [0.2, 0.25) is 5.90 Å². The van der Waals surface area contributed by atoms with E-state index in [1.54, 1.807) is 30.2 Å². The quantitative estimate of drug-likeness (QED) is 0.246. The van der Waals surface area contributed by atoms with E-state index < -0.39 is 0 Å². The molecule has 1 aromatic carbocycles. The number of methoxy groups -OCH3 is 1. The van der Waals surface area contributed by atoms with E-state index in [9.17, 15) is 5.21 Å². The van der Waals surface area contributed by atoms with Crippen molar-refractivity contribution in [3.63, 3.8) is 0 Å². The van der Waals surface area contributed by atoms with E-state index in [4.69, 9.17) is 14.2 Å². The Morgan fingerprint density at radius 3 is 2.68 bits per heavy atom. The lowest BCUT2D eigenvalue weighted by molar-refractivity contribution is -0.0946. The molecule has 4 rings (SSSR count). The largest absolute Gasteiger partial charge is 0.439 e. The second kappa shape index (κ2) is 8.98. The first kappa shape index (κ1) is 22.4. The third kappa shape index (κ3) is 4.70. The second-order valence-electron chi connectivity index (χ2n) is 8.92. The van der Waals surface area contributed by atoms with Crippen LogP contribution in [-0.2, 0) is 26.2 Å². The minimum atomic E-state index is -0.366. The second-order valence-corrected chi connectivity index (χ2v) is 11.2. The molecule has 2 aromatic rings. The Kier molecular flexibility index (Phi) is 6.49. The van der Waals surface area contributed by atoms with E-state index in [0.717, 1.165) is 43.8 Å². The van der Waals surface area contributed by atoms with Gasteiger partial charge in [0.15, 0.2) is 0 Å². The van der Waals surface area contributed by atoms with Gasteiger partial charge in [-0.25, -0.2) is 0 Å². The summed E-state index contributed by atoms with van der Waals surface area (Å²) in [5.41, 5.74) is 2.95. The van der Waals surface area contributed by atoms with Crippen molar-refractivity contribution >= 4 is 34.8 Å². The van der Waals surface area contributed by atoms with Crippen molar-refractivity contribution in [3.8, 4) is 0 Å². The summed E-state index contributed by atoms with van der Waals surface area (Å²) >= 11 is 3.54. The van der Waals surface area contributed by atoms with E-state index in [1.165, 1.54) is 20.2 Å². The molecule has 7 heteroatoms. The summed E-state index contributed by atoms with van der Waals surface area (Å²) in [5, 5.41) is 14.9. The first-order chi connectivity index (χ1) is 14.8. The predicted octanol–water partition coefficient (Wildman–Crippen LogP) is 6.30. The average Bonchev–Trinajstić information content (AvgIpc) is 3.39. The number of fused-ring (bicyclic) bond motifs is 1. The van der Waals surface area contributed by atoms with Crippen LogP contribution in [0.2, 0.25) is 0 Å². The third-order valence-corrected chi connectivity index (χ3v) is 7.87. The van der Waals surface area contributed by atoms with Crippen molar-refractivity contribution < 1.29 is 19.4 Å². The Morgan fingerprint density at radius 2 is 2.00 bits per heavy atom. The number of allylic oxidation sites excluding steroid dienone is 1. The number of oxime groups is 1. The van der Waals surface area contributed by atoms with Crippen LogP contribution in [0.3, 0.4) is 0 Å². The van der Waals surface area contributed by atoms with Crippen LogP contribution < -0.4 is 0 Å². The molecular weight excluding hydrogens is 430 g/mol. The molecule has 1 aliphatic heterocycles. The number of nitrogens with zero attached hydrogens (tertiary/aromatic N) is 1. The smallest absolute Gasteiger partial charge is 0.236 e. The van der Waals surface area contributed by atoms with E-state index in [2.05, 4.69) is 34.8 Å². The van der Waals surface area contributed by atoms with Gasteiger partial charge < -0.3 is 19.4 Å². The molecule has 0 saturated carbocycles. The highest BCUT2D eigenvalue weighted by atomic mass is 32.2. The van der Waals surface area contributed by atoms with E-state index in [1.807, 2.05) is 26.8 Å². The van der Waals surface area contributed by atoms with Gasteiger partial charge >= 0.3 is 0 Å². The first-order valence-electron chi connectivity index (χ1n) is 10.5. The zero-order valence-electron chi connectivity index (χ0n) is 18.4. The van der Waals surface area contributed by atoms with Crippen molar-refractivity contribution in [2.75, 3.05) is 20.3 Å². The molecule has 31 heavy (non-hydrogen) atoms. The minimum absolute atomic E-state index is 0.222. The summed E-state index contributed by atoms with van der Waals surface area (Å²) in [5.74, 6) is 1.07. The van der Waals surface area contributed by atoms with Gasteiger partial charge in [0.25, 0.3) is 0 Å². The van der Waals surface area contributed by atoms with Gasteiger partial charge in [-0.2, -0.15) is 0 Å². The summed E-state index contributed by atoms with van der Waals surface area (Å²) in [6.07, 6.45) is 4.65. The molecule has 0 atom stereocenters. The maximum Gasteiger partial charge on any atom is 0.236 e. The lowest BCUT2D eigenvalue weighted by Gasteiger charge is -2.35. The number of rotatable bonds is 5. The van der Waals surface area contributed by atoms with Crippen LogP contribution in [0.15, 0.2) is 50.0 Å². The van der Waals surface area contributed by atoms with Gasteiger partial charge in [-0.15, -0.1) is 11.3 Å². The monoisotopic (exact) mass is 459 g/mol. The fourth-order valence-corrected chi connectivity index (χ4v) is 6.02. The number of benzene rings is 1. The van der Waals surface area contributed by atoms with Gasteiger partial charge in [-0.3, -0.25) is 0 Å². The maximum atomic E-state index is 9.33. The van der Waals surface area contributed by atoms with Gasteiger partial charge in [0, 0.05) is 49.0 Å². The number of hydrogen-bond donors (Lipinski definition) is 1. The summed E-state index contributed by atoms with van der Waals surface area (Å²) in [7, 11) is 1.80. The molecule has 1 aromatic heterocycles. The topological polar surface area (TPSA) is 60.3 Å². The molecule has 0 unspecified atom stereocenters. The fraction of sp³-hybridized carbons (Fsp3) is 0.458. The molecule has 2 aliphatic rings. The van der Waals surface area contributed by atoms with Crippen LogP contribution in [0.5, 0.6) is 0 Å². The van der Waals surface area contributed by atoms with E-state index in [0.29, 0.717) is 5.90 Å².